The van der Waals surface area contributed by atoms with Crippen molar-refractivity contribution in [3.05, 3.63) is 23.0 Å². The highest BCUT2D eigenvalue weighted by molar-refractivity contribution is 7.84. The number of rotatable bonds is 7. The summed E-state index contributed by atoms with van der Waals surface area (Å²) in [4.78, 5) is 3.25. The van der Waals surface area contributed by atoms with Crippen molar-refractivity contribution in [1.29, 1.82) is 0 Å². The lowest BCUT2D eigenvalue weighted by molar-refractivity contribution is 0.320. The number of nitrogens with zero attached hydrogens (tertiary/aromatic N) is 1. The summed E-state index contributed by atoms with van der Waals surface area (Å²) in [6, 6.07) is 6.19. The molecular weight excluding hydrogens is 304 g/mol. The van der Waals surface area contributed by atoms with Gasteiger partial charge in [0.1, 0.15) is 11.3 Å². The molecule has 2 aromatic rings. The Labute approximate surface area is 133 Å². The number of fused-ring (bicyclic) bond motifs is 1. The fourth-order valence-corrected chi connectivity index (χ4v) is 3.41. The summed E-state index contributed by atoms with van der Waals surface area (Å²) in [6.45, 7) is 4.88. The van der Waals surface area contributed by atoms with Crippen LogP contribution >= 0.6 is 12.2 Å². The van der Waals surface area contributed by atoms with Crippen molar-refractivity contribution < 1.29 is 8.95 Å². The first-order chi connectivity index (χ1) is 10.0. The lowest BCUT2D eigenvalue weighted by Crippen LogP contribution is -2.09. The van der Waals surface area contributed by atoms with Crippen LogP contribution in [0.15, 0.2) is 18.2 Å². The van der Waals surface area contributed by atoms with E-state index in [0.717, 1.165) is 29.6 Å². The number of aromatic amines is 1. The summed E-state index contributed by atoms with van der Waals surface area (Å²) in [5, 5.41) is 0. The summed E-state index contributed by atoms with van der Waals surface area (Å²) < 4.78 is 19.8. The molecule has 2 atom stereocenters. The first-order valence-electron chi connectivity index (χ1n) is 7.20. The van der Waals surface area contributed by atoms with Crippen LogP contribution in [0.4, 0.5) is 0 Å². The Bertz CT molecular complexity index is 691. The maximum Gasteiger partial charge on any atom is 0.178 e. The zero-order valence-corrected chi connectivity index (χ0v) is 14.4. The number of benzene rings is 1. The van der Waals surface area contributed by atoms with Crippen LogP contribution in [-0.4, -0.2) is 32.4 Å². The fourth-order valence-electron chi connectivity index (χ4n) is 2.36. The largest absolute Gasteiger partial charge is 0.491 e. The zero-order chi connectivity index (χ0) is 15.4. The van der Waals surface area contributed by atoms with Crippen LogP contribution in [0.3, 0.4) is 0 Å². The standard InChI is InChI=1S/C15H22N2O2S2/c1-4-9-19-13-7-5-6-12-14(13)16-15(20)17(12)11(2)8-10-21(3)18/h5-7,11H,4,8-10H2,1-3H3,(H,16,20). The number of aromatic nitrogens is 2. The molecule has 116 valence electrons. The molecule has 0 aliphatic heterocycles. The lowest BCUT2D eigenvalue weighted by Gasteiger charge is -2.14. The van der Waals surface area contributed by atoms with Crippen LogP contribution in [0.2, 0.25) is 0 Å². The Morgan fingerprint density at radius 1 is 1.48 bits per heavy atom. The molecule has 4 nitrogen and oxygen atoms in total. The van der Waals surface area contributed by atoms with Gasteiger partial charge >= 0.3 is 0 Å². The van der Waals surface area contributed by atoms with Gasteiger partial charge in [0, 0.05) is 28.9 Å². The van der Waals surface area contributed by atoms with E-state index in [1.54, 1.807) is 6.26 Å². The second-order valence-electron chi connectivity index (χ2n) is 5.21. The summed E-state index contributed by atoms with van der Waals surface area (Å²) in [6.07, 6.45) is 3.54. The molecule has 0 aliphatic carbocycles. The first kappa shape index (κ1) is 16.2. The minimum atomic E-state index is -0.779. The quantitative estimate of drug-likeness (QED) is 0.787. The molecule has 0 saturated heterocycles. The Morgan fingerprint density at radius 3 is 2.90 bits per heavy atom. The molecule has 0 aliphatic rings. The number of hydrogen-bond donors (Lipinski definition) is 1. The molecule has 1 aromatic heterocycles. The van der Waals surface area contributed by atoms with Gasteiger partial charge in [0.15, 0.2) is 4.77 Å². The molecule has 2 rings (SSSR count). The molecule has 0 saturated carbocycles. The average molecular weight is 326 g/mol. The van der Waals surface area contributed by atoms with Crippen LogP contribution in [0, 0.1) is 4.77 Å². The van der Waals surface area contributed by atoms with E-state index in [-0.39, 0.29) is 6.04 Å². The van der Waals surface area contributed by atoms with E-state index in [1.165, 1.54) is 0 Å². The van der Waals surface area contributed by atoms with E-state index in [2.05, 4.69) is 23.4 Å². The molecule has 21 heavy (non-hydrogen) atoms. The third-order valence-corrected chi connectivity index (χ3v) is 4.55. The van der Waals surface area contributed by atoms with Crippen LogP contribution in [0.1, 0.15) is 32.7 Å². The van der Waals surface area contributed by atoms with Gasteiger partial charge < -0.3 is 14.3 Å². The monoisotopic (exact) mass is 326 g/mol. The van der Waals surface area contributed by atoms with Crippen molar-refractivity contribution in [3.8, 4) is 5.75 Å². The van der Waals surface area contributed by atoms with E-state index in [1.807, 2.05) is 18.2 Å². The Balaban J connectivity index is 2.38. The highest BCUT2D eigenvalue weighted by atomic mass is 32.2. The predicted octanol–water partition coefficient (Wildman–Crippen LogP) is 3.82. The van der Waals surface area contributed by atoms with Gasteiger partial charge in [-0.05, 0) is 44.1 Å². The van der Waals surface area contributed by atoms with Gasteiger partial charge in [0.2, 0.25) is 0 Å². The van der Waals surface area contributed by atoms with Crippen molar-refractivity contribution in [2.45, 2.75) is 32.7 Å². The molecule has 1 N–H and O–H groups in total. The molecule has 0 bridgehead atoms. The van der Waals surface area contributed by atoms with E-state index in [4.69, 9.17) is 17.0 Å². The zero-order valence-electron chi connectivity index (χ0n) is 12.7. The maximum absolute atomic E-state index is 11.3. The second kappa shape index (κ2) is 7.22. The van der Waals surface area contributed by atoms with E-state index >= 15 is 0 Å². The minimum Gasteiger partial charge on any atom is -0.491 e. The summed E-state index contributed by atoms with van der Waals surface area (Å²) in [5.41, 5.74) is 1.99. The number of para-hydroxylation sites is 1. The number of H-pyrrole nitrogens is 1. The topological polar surface area (TPSA) is 47.0 Å². The van der Waals surface area contributed by atoms with Gasteiger partial charge in [-0.15, -0.1) is 0 Å². The number of hydrogen-bond acceptors (Lipinski definition) is 3. The van der Waals surface area contributed by atoms with Crippen molar-refractivity contribution in [2.24, 2.45) is 0 Å². The highest BCUT2D eigenvalue weighted by Crippen LogP contribution is 2.28. The fraction of sp³-hybridized carbons (Fsp3) is 0.533. The molecule has 1 heterocycles. The molecule has 0 amide bonds. The SMILES string of the molecule is CCCOc1cccc2c1[nH]c(=S)n2C(C)CCS(C)=O. The molecule has 2 unspecified atom stereocenters. The molecule has 0 fully saturated rings. The van der Waals surface area contributed by atoms with Crippen molar-refractivity contribution in [2.75, 3.05) is 18.6 Å². The van der Waals surface area contributed by atoms with Gasteiger partial charge in [0.25, 0.3) is 0 Å². The van der Waals surface area contributed by atoms with Gasteiger partial charge in [-0.25, -0.2) is 0 Å². The summed E-state index contributed by atoms with van der Waals surface area (Å²) in [7, 11) is -0.779. The molecular formula is C15H22N2O2S2. The molecule has 1 aromatic carbocycles. The Kier molecular flexibility index (Phi) is 5.58. The summed E-state index contributed by atoms with van der Waals surface area (Å²) >= 11 is 5.46. The second-order valence-corrected chi connectivity index (χ2v) is 7.16. The first-order valence-corrected chi connectivity index (χ1v) is 9.34. The number of imidazole rings is 1. The van der Waals surface area contributed by atoms with Gasteiger partial charge in [0.05, 0.1) is 12.1 Å². The lowest BCUT2D eigenvalue weighted by atomic mass is 10.2. The third-order valence-electron chi connectivity index (χ3n) is 3.44. The average Bonchev–Trinajstić information content (AvgIpc) is 2.79. The third kappa shape index (κ3) is 3.74. The van der Waals surface area contributed by atoms with E-state index in [9.17, 15) is 4.21 Å². The Hall–Kier alpha value is -1.14. The summed E-state index contributed by atoms with van der Waals surface area (Å²) in [5.74, 6) is 1.52. The van der Waals surface area contributed by atoms with Crippen molar-refractivity contribution in [3.63, 3.8) is 0 Å². The molecule has 0 radical (unpaired) electrons. The molecule has 6 heteroatoms. The Morgan fingerprint density at radius 2 is 2.24 bits per heavy atom. The normalized spacial score (nSPS) is 14.2. The van der Waals surface area contributed by atoms with Crippen molar-refractivity contribution in [1.82, 2.24) is 9.55 Å². The predicted molar refractivity (Wildman–Crippen MR) is 91.2 cm³/mol. The number of ether oxygens (including phenoxy) is 1. The number of nitrogens with one attached hydrogen (secondary N) is 1. The van der Waals surface area contributed by atoms with Crippen LogP contribution in [0.25, 0.3) is 11.0 Å². The smallest absolute Gasteiger partial charge is 0.178 e. The van der Waals surface area contributed by atoms with E-state index in [0.29, 0.717) is 17.1 Å². The van der Waals surface area contributed by atoms with Gasteiger partial charge in [-0.3, -0.25) is 4.21 Å². The van der Waals surface area contributed by atoms with Crippen LogP contribution in [0.5, 0.6) is 5.75 Å². The van der Waals surface area contributed by atoms with Gasteiger partial charge in [-0.1, -0.05) is 13.0 Å². The van der Waals surface area contributed by atoms with Crippen LogP contribution < -0.4 is 4.74 Å². The molecule has 0 spiro atoms. The van der Waals surface area contributed by atoms with Crippen LogP contribution in [-0.2, 0) is 10.8 Å². The van der Waals surface area contributed by atoms with Gasteiger partial charge in [-0.2, -0.15) is 0 Å². The van der Waals surface area contributed by atoms with Crippen molar-refractivity contribution >= 4 is 34.1 Å². The minimum absolute atomic E-state index is 0.205. The highest BCUT2D eigenvalue weighted by Gasteiger charge is 2.14. The van der Waals surface area contributed by atoms with E-state index < -0.39 is 10.8 Å². The maximum atomic E-state index is 11.3.